The summed E-state index contributed by atoms with van der Waals surface area (Å²) in [6.07, 6.45) is -0.132. The molecule has 0 bridgehead atoms. The molecule has 0 aromatic heterocycles. The van der Waals surface area contributed by atoms with Crippen molar-refractivity contribution in [3.8, 4) is 17.6 Å². The van der Waals surface area contributed by atoms with Crippen molar-refractivity contribution >= 4 is 40.9 Å². The van der Waals surface area contributed by atoms with E-state index >= 15 is 0 Å². The molecule has 158 valence electrons. The Morgan fingerprint density at radius 1 is 1.27 bits per heavy atom. The van der Waals surface area contributed by atoms with Crippen LogP contribution in [0.15, 0.2) is 41.3 Å². The molecule has 0 spiro atoms. The van der Waals surface area contributed by atoms with E-state index in [-0.39, 0.29) is 28.2 Å². The van der Waals surface area contributed by atoms with Crippen molar-refractivity contribution in [2.75, 3.05) is 24.8 Å². The smallest absolute Gasteiger partial charge is 0.338 e. The predicted molar refractivity (Wildman–Crippen MR) is 115 cm³/mol. The first-order chi connectivity index (χ1) is 14.3. The molecule has 0 aliphatic rings. The van der Waals surface area contributed by atoms with E-state index in [2.05, 4.69) is 5.32 Å². The Hall–Kier alpha value is -2.89. The fourth-order valence-electron chi connectivity index (χ4n) is 2.39. The molecule has 7 nitrogen and oxygen atoms in total. The van der Waals surface area contributed by atoms with Crippen LogP contribution in [-0.2, 0) is 9.53 Å². The number of nitrogens with zero attached hydrogens (tertiary/aromatic N) is 1. The number of ether oxygens (including phenoxy) is 3. The predicted octanol–water partition coefficient (Wildman–Crippen LogP) is 4.55. The van der Waals surface area contributed by atoms with Crippen LogP contribution in [0.2, 0.25) is 5.02 Å². The highest BCUT2D eigenvalue weighted by Gasteiger charge is 2.19. The molecule has 9 heteroatoms. The third-order valence-corrected chi connectivity index (χ3v) is 4.83. The quantitative estimate of drug-likeness (QED) is 0.444. The summed E-state index contributed by atoms with van der Waals surface area (Å²) in [4.78, 5) is 25.3. The second-order valence-corrected chi connectivity index (χ2v) is 7.65. The standard InChI is InChI=1S/C21H21ClN2O5S/c1-13(2)29-20-15(22)10-14(11-17(20)27-3)21(26)28-12-19(25)24-16-6-4-5-7-18(16)30-9-8-23/h4-7,10-11,13H,9,12H2,1-3H3,(H,24,25). The Bertz CT molecular complexity index is 959. The second kappa shape index (κ2) is 11.3. The minimum absolute atomic E-state index is 0.130. The van der Waals surface area contributed by atoms with Gasteiger partial charge in [0.05, 0.1) is 41.3 Å². The Morgan fingerprint density at radius 3 is 2.67 bits per heavy atom. The Morgan fingerprint density at radius 2 is 2.00 bits per heavy atom. The van der Waals surface area contributed by atoms with E-state index in [4.69, 9.17) is 31.1 Å². The number of amides is 1. The van der Waals surface area contributed by atoms with Crippen LogP contribution < -0.4 is 14.8 Å². The van der Waals surface area contributed by atoms with Crippen LogP contribution in [0.1, 0.15) is 24.2 Å². The number of carbonyl (C=O) groups excluding carboxylic acids is 2. The highest BCUT2D eigenvalue weighted by atomic mass is 35.5. The van der Waals surface area contributed by atoms with Crippen LogP contribution in [0.4, 0.5) is 5.69 Å². The van der Waals surface area contributed by atoms with E-state index in [1.54, 1.807) is 24.3 Å². The zero-order valence-electron chi connectivity index (χ0n) is 16.7. The fraction of sp³-hybridized carbons (Fsp3) is 0.286. The first-order valence-corrected chi connectivity index (χ1v) is 10.3. The molecule has 0 saturated carbocycles. The van der Waals surface area contributed by atoms with E-state index in [0.29, 0.717) is 11.4 Å². The van der Waals surface area contributed by atoms with Crippen molar-refractivity contribution in [1.29, 1.82) is 5.26 Å². The summed E-state index contributed by atoms with van der Waals surface area (Å²) in [6.45, 7) is 3.20. The van der Waals surface area contributed by atoms with Crippen LogP contribution in [0, 0.1) is 11.3 Å². The SMILES string of the molecule is COc1cc(C(=O)OCC(=O)Nc2ccccc2SCC#N)cc(Cl)c1OC(C)C. The summed E-state index contributed by atoms with van der Waals surface area (Å²) in [5.74, 6) is -0.369. The topological polar surface area (TPSA) is 97.6 Å². The zero-order chi connectivity index (χ0) is 22.1. The number of hydrogen-bond acceptors (Lipinski definition) is 7. The largest absolute Gasteiger partial charge is 0.493 e. The van der Waals surface area contributed by atoms with Gasteiger partial charge in [-0.15, -0.1) is 11.8 Å². The van der Waals surface area contributed by atoms with Gasteiger partial charge in [0.25, 0.3) is 5.91 Å². The van der Waals surface area contributed by atoms with Crippen molar-refractivity contribution in [1.82, 2.24) is 0 Å². The van der Waals surface area contributed by atoms with E-state index in [9.17, 15) is 9.59 Å². The van der Waals surface area contributed by atoms with Gasteiger partial charge in [0.1, 0.15) is 0 Å². The normalized spacial score (nSPS) is 10.3. The average Bonchev–Trinajstić information content (AvgIpc) is 2.72. The number of hydrogen-bond donors (Lipinski definition) is 1. The number of benzene rings is 2. The third kappa shape index (κ3) is 6.58. The minimum Gasteiger partial charge on any atom is -0.493 e. The van der Waals surface area contributed by atoms with Gasteiger partial charge in [-0.1, -0.05) is 23.7 Å². The van der Waals surface area contributed by atoms with Crippen molar-refractivity contribution in [3.63, 3.8) is 0 Å². The lowest BCUT2D eigenvalue weighted by Gasteiger charge is -2.16. The van der Waals surface area contributed by atoms with Gasteiger partial charge in [-0.05, 0) is 38.1 Å². The first-order valence-electron chi connectivity index (χ1n) is 8.95. The lowest BCUT2D eigenvalue weighted by Crippen LogP contribution is -2.21. The number of anilines is 1. The lowest BCUT2D eigenvalue weighted by atomic mass is 10.2. The number of methoxy groups -OCH3 is 1. The molecule has 0 aliphatic carbocycles. The van der Waals surface area contributed by atoms with Gasteiger partial charge in [0, 0.05) is 4.90 Å². The Labute approximate surface area is 184 Å². The maximum Gasteiger partial charge on any atom is 0.338 e. The molecule has 0 heterocycles. The number of thioether (sulfide) groups is 1. The number of rotatable bonds is 9. The number of carbonyl (C=O) groups is 2. The van der Waals surface area contributed by atoms with Crippen LogP contribution >= 0.6 is 23.4 Å². The molecule has 2 aromatic carbocycles. The number of nitrogens with one attached hydrogen (secondary N) is 1. The highest BCUT2D eigenvalue weighted by molar-refractivity contribution is 7.99. The van der Waals surface area contributed by atoms with E-state index in [1.165, 1.54) is 31.0 Å². The van der Waals surface area contributed by atoms with Crippen LogP contribution in [0.25, 0.3) is 0 Å². The summed E-state index contributed by atoms with van der Waals surface area (Å²) < 4.78 is 15.9. The molecule has 0 radical (unpaired) electrons. The number of para-hydroxylation sites is 1. The van der Waals surface area contributed by atoms with Crippen LogP contribution in [-0.4, -0.2) is 37.4 Å². The molecule has 2 aromatic rings. The van der Waals surface area contributed by atoms with Crippen molar-refractivity contribution in [3.05, 3.63) is 47.0 Å². The fourth-order valence-corrected chi connectivity index (χ4v) is 3.32. The molecule has 0 fully saturated rings. The lowest BCUT2D eigenvalue weighted by molar-refractivity contribution is -0.119. The van der Waals surface area contributed by atoms with Crippen molar-refractivity contribution in [2.24, 2.45) is 0 Å². The van der Waals surface area contributed by atoms with Gasteiger partial charge < -0.3 is 19.5 Å². The molecule has 0 unspecified atom stereocenters. The molecule has 30 heavy (non-hydrogen) atoms. The molecular formula is C21H21ClN2O5S. The zero-order valence-corrected chi connectivity index (χ0v) is 18.3. The average molecular weight is 449 g/mol. The molecule has 0 atom stereocenters. The van der Waals surface area contributed by atoms with Gasteiger partial charge >= 0.3 is 5.97 Å². The Balaban J connectivity index is 2.03. The molecule has 0 saturated heterocycles. The molecule has 1 amide bonds. The highest BCUT2D eigenvalue weighted by Crippen LogP contribution is 2.37. The van der Waals surface area contributed by atoms with Crippen molar-refractivity contribution < 1.29 is 23.8 Å². The van der Waals surface area contributed by atoms with Crippen LogP contribution in [0.3, 0.4) is 0 Å². The summed E-state index contributed by atoms with van der Waals surface area (Å²) in [6, 6.07) is 11.9. The third-order valence-electron chi connectivity index (χ3n) is 3.61. The van der Waals surface area contributed by atoms with E-state index in [0.717, 1.165) is 4.90 Å². The van der Waals surface area contributed by atoms with Crippen molar-refractivity contribution in [2.45, 2.75) is 24.8 Å². The Kier molecular flexibility index (Phi) is 8.84. The monoisotopic (exact) mass is 448 g/mol. The molecular weight excluding hydrogens is 428 g/mol. The van der Waals surface area contributed by atoms with Gasteiger partial charge in [-0.3, -0.25) is 4.79 Å². The molecule has 2 rings (SSSR count). The maximum atomic E-state index is 12.4. The van der Waals surface area contributed by atoms with Gasteiger partial charge in [-0.2, -0.15) is 5.26 Å². The number of nitriles is 1. The summed E-state index contributed by atoms with van der Waals surface area (Å²) in [7, 11) is 1.43. The number of esters is 1. The summed E-state index contributed by atoms with van der Waals surface area (Å²) in [5, 5.41) is 11.6. The van der Waals surface area contributed by atoms with Gasteiger partial charge in [-0.25, -0.2) is 4.79 Å². The van der Waals surface area contributed by atoms with Gasteiger partial charge in [0.2, 0.25) is 0 Å². The van der Waals surface area contributed by atoms with E-state index in [1.807, 2.05) is 19.9 Å². The number of halogens is 1. The van der Waals surface area contributed by atoms with Crippen LogP contribution in [0.5, 0.6) is 11.5 Å². The summed E-state index contributed by atoms with van der Waals surface area (Å²) in [5.41, 5.74) is 0.671. The van der Waals surface area contributed by atoms with Gasteiger partial charge in [0.15, 0.2) is 18.1 Å². The second-order valence-electron chi connectivity index (χ2n) is 6.22. The molecule has 0 aliphatic heterocycles. The first kappa shape index (κ1) is 23.4. The summed E-state index contributed by atoms with van der Waals surface area (Å²) >= 11 is 7.51. The minimum atomic E-state index is -0.728. The molecule has 1 N–H and O–H groups in total. The van der Waals surface area contributed by atoms with E-state index < -0.39 is 18.5 Å². The maximum absolute atomic E-state index is 12.4.